The fourth-order valence-corrected chi connectivity index (χ4v) is 2.66. The van der Waals surface area contributed by atoms with Crippen molar-refractivity contribution in [1.29, 1.82) is 0 Å². The van der Waals surface area contributed by atoms with Crippen LogP contribution in [-0.4, -0.2) is 20.8 Å². The van der Waals surface area contributed by atoms with E-state index in [4.69, 9.17) is 0 Å². The molecule has 15 heavy (non-hydrogen) atoms. The summed E-state index contributed by atoms with van der Waals surface area (Å²) in [6, 6.07) is 1.93. The molecule has 0 unspecified atom stereocenters. The Morgan fingerprint density at radius 2 is 2.33 bits per heavy atom. The highest BCUT2D eigenvalue weighted by Crippen LogP contribution is 2.22. The lowest BCUT2D eigenvalue weighted by atomic mass is 10.2. The number of nitrogens with zero attached hydrogens (tertiary/aromatic N) is 3. The second-order valence-electron chi connectivity index (χ2n) is 3.11. The van der Waals surface area contributed by atoms with E-state index in [1.807, 2.05) is 18.4 Å². The highest BCUT2D eigenvalue weighted by molar-refractivity contribution is 9.10. The SMILES string of the molecule is Cc1ccsc1C(=O)c1c(Br)nnn1C. The lowest BCUT2D eigenvalue weighted by Gasteiger charge is -1.99. The van der Waals surface area contributed by atoms with E-state index in [9.17, 15) is 4.79 Å². The van der Waals surface area contributed by atoms with Gasteiger partial charge in [-0.2, -0.15) is 0 Å². The molecule has 0 aromatic carbocycles. The third kappa shape index (κ3) is 1.74. The zero-order valence-corrected chi connectivity index (χ0v) is 10.6. The minimum Gasteiger partial charge on any atom is -0.286 e. The molecule has 0 aliphatic heterocycles. The maximum Gasteiger partial charge on any atom is 0.224 e. The topological polar surface area (TPSA) is 47.8 Å². The minimum absolute atomic E-state index is 0.0399. The van der Waals surface area contributed by atoms with Gasteiger partial charge in [-0.15, -0.1) is 16.4 Å². The number of thiophene rings is 1. The fourth-order valence-electron chi connectivity index (χ4n) is 1.29. The van der Waals surface area contributed by atoms with Gasteiger partial charge in [-0.25, -0.2) is 4.68 Å². The summed E-state index contributed by atoms with van der Waals surface area (Å²) in [5.74, 6) is -0.0399. The molecule has 0 aliphatic carbocycles. The number of aryl methyl sites for hydroxylation is 2. The molecule has 0 aliphatic rings. The molecule has 2 aromatic heterocycles. The first kappa shape index (κ1) is 10.5. The Balaban J connectivity index is 2.50. The minimum atomic E-state index is -0.0399. The van der Waals surface area contributed by atoms with Crippen molar-refractivity contribution < 1.29 is 4.79 Å². The summed E-state index contributed by atoms with van der Waals surface area (Å²) in [4.78, 5) is 12.8. The summed E-state index contributed by atoms with van der Waals surface area (Å²) >= 11 is 4.65. The lowest BCUT2D eigenvalue weighted by Crippen LogP contribution is -2.08. The first-order valence-corrected chi connectivity index (χ1v) is 5.92. The van der Waals surface area contributed by atoms with E-state index in [1.54, 1.807) is 7.05 Å². The molecule has 6 heteroatoms. The summed E-state index contributed by atoms with van der Waals surface area (Å²) in [5.41, 5.74) is 1.47. The molecule has 0 fully saturated rings. The summed E-state index contributed by atoms with van der Waals surface area (Å²) in [6.07, 6.45) is 0. The van der Waals surface area contributed by atoms with Crippen molar-refractivity contribution in [2.45, 2.75) is 6.92 Å². The average Bonchev–Trinajstić information content (AvgIpc) is 2.73. The van der Waals surface area contributed by atoms with Gasteiger partial charge in [0.05, 0.1) is 4.88 Å². The van der Waals surface area contributed by atoms with Crippen LogP contribution >= 0.6 is 27.3 Å². The quantitative estimate of drug-likeness (QED) is 0.795. The van der Waals surface area contributed by atoms with Crippen LogP contribution in [0, 0.1) is 6.92 Å². The lowest BCUT2D eigenvalue weighted by molar-refractivity contribution is 0.103. The van der Waals surface area contributed by atoms with Crippen molar-refractivity contribution in [3.63, 3.8) is 0 Å². The second kappa shape index (κ2) is 3.86. The van der Waals surface area contributed by atoms with Crippen LogP contribution in [0.4, 0.5) is 0 Å². The van der Waals surface area contributed by atoms with Crippen molar-refractivity contribution in [2.24, 2.45) is 7.05 Å². The maximum atomic E-state index is 12.1. The number of hydrogen-bond acceptors (Lipinski definition) is 4. The molecule has 0 N–H and O–H groups in total. The highest BCUT2D eigenvalue weighted by Gasteiger charge is 2.20. The molecule has 0 saturated heterocycles. The molecule has 0 spiro atoms. The second-order valence-corrected chi connectivity index (χ2v) is 4.78. The van der Waals surface area contributed by atoms with Crippen LogP contribution in [0.25, 0.3) is 0 Å². The zero-order chi connectivity index (χ0) is 11.0. The molecule has 4 nitrogen and oxygen atoms in total. The Bertz CT molecular complexity index is 498. The number of carbonyl (C=O) groups excluding carboxylic acids is 1. The van der Waals surface area contributed by atoms with E-state index in [0.29, 0.717) is 10.3 Å². The van der Waals surface area contributed by atoms with Gasteiger partial charge < -0.3 is 0 Å². The van der Waals surface area contributed by atoms with E-state index in [0.717, 1.165) is 10.4 Å². The van der Waals surface area contributed by atoms with Gasteiger partial charge in [0, 0.05) is 7.05 Å². The summed E-state index contributed by atoms with van der Waals surface area (Å²) in [7, 11) is 1.70. The van der Waals surface area contributed by atoms with Crippen molar-refractivity contribution in [3.8, 4) is 0 Å². The summed E-state index contributed by atoms with van der Waals surface area (Å²) in [5, 5.41) is 9.47. The van der Waals surface area contributed by atoms with Gasteiger partial charge in [0.25, 0.3) is 0 Å². The number of ketones is 1. The van der Waals surface area contributed by atoms with Crippen LogP contribution in [0.1, 0.15) is 20.9 Å². The molecule has 78 valence electrons. The van der Waals surface area contributed by atoms with E-state index in [-0.39, 0.29) is 5.78 Å². The van der Waals surface area contributed by atoms with Crippen LogP contribution in [0.3, 0.4) is 0 Å². The molecular weight excluding hydrogens is 278 g/mol. The predicted molar refractivity (Wildman–Crippen MR) is 61.2 cm³/mol. The highest BCUT2D eigenvalue weighted by atomic mass is 79.9. The van der Waals surface area contributed by atoms with Gasteiger partial charge in [-0.05, 0) is 39.9 Å². The average molecular weight is 286 g/mol. The van der Waals surface area contributed by atoms with Crippen molar-refractivity contribution in [3.05, 3.63) is 32.2 Å². The molecule has 0 atom stereocenters. The number of carbonyl (C=O) groups is 1. The summed E-state index contributed by atoms with van der Waals surface area (Å²) in [6.45, 7) is 1.92. The Morgan fingerprint density at radius 3 is 2.80 bits per heavy atom. The zero-order valence-electron chi connectivity index (χ0n) is 8.19. The van der Waals surface area contributed by atoms with Gasteiger partial charge in [-0.3, -0.25) is 4.79 Å². The number of aromatic nitrogens is 3. The van der Waals surface area contributed by atoms with Crippen LogP contribution < -0.4 is 0 Å². The van der Waals surface area contributed by atoms with Crippen LogP contribution in [0.2, 0.25) is 0 Å². The smallest absolute Gasteiger partial charge is 0.224 e. The molecule has 0 amide bonds. The van der Waals surface area contributed by atoms with Gasteiger partial charge in [-0.1, -0.05) is 5.21 Å². The maximum absolute atomic E-state index is 12.1. The first-order chi connectivity index (χ1) is 7.11. The van der Waals surface area contributed by atoms with Crippen LogP contribution in [0.5, 0.6) is 0 Å². The molecule has 2 heterocycles. The Kier molecular flexibility index (Phi) is 2.70. The molecule has 0 saturated carbocycles. The molecular formula is C9H8BrN3OS. The van der Waals surface area contributed by atoms with Gasteiger partial charge in [0.15, 0.2) is 4.60 Å². The third-order valence-corrected chi connectivity index (χ3v) is 3.62. The summed E-state index contributed by atoms with van der Waals surface area (Å²) < 4.78 is 1.97. The Labute approximate surface area is 99.0 Å². The molecule has 0 radical (unpaired) electrons. The first-order valence-electron chi connectivity index (χ1n) is 4.25. The Hall–Kier alpha value is -1.01. The van der Waals surface area contributed by atoms with Gasteiger partial charge >= 0.3 is 0 Å². The molecule has 0 bridgehead atoms. The number of hydrogen-bond donors (Lipinski definition) is 0. The number of halogens is 1. The van der Waals surface area contributed by atoms with Crippen LogP contribution in [0.15, 0.2) is 16.0 Å². The third-order valence-electron chi connectivity index (χ3n) is 2.07. The number of rotatable bonds is 2. The van der Waals surface area contributed by atoms with E-state index in [1.165, 1.54) is 16.0 Å². The fraction of sp³-hybridized carbons (Fsp3) is 0.222. The van der Waals surface area contributed by atoms with Crippen LogP contribution in [-0.2, 0) is 7.05 Å². The van der Waals surface area contributed by atoms with E-state index >= 15 is 0 Å². The van der Waals surface area contributed by atoms with Gasteiger partial charge in [0.1, 0.15) is 5.69 Å². The molecule has 2 rings (SSSR count). The standard InChI is InChI=1S/C9H8BrN3OS/c1-5-3-4-15-8(5)7(14)6-9(10)11-12-13(6)2/h3-4H,1-2H3. The predicted octanol–water partition coefficient (Wildman–Crippen LogP) is 2.18. The van der Waals surface area contributed by atoms with E-state index < -0.39 is 0 Å². The normalized spacial score (nSPS) is 10.6. The van der Waals surface area contributed by atoms with Crippen molar-refractivity contribution in [1.82, 2.24) is 15.0 Å². The van der Waals surface area contributed by atoms with Gasteiger partial charge in [0.2, 0.25) is 5.78 Å². The van der Waals surface area contributed by atoms with E-state index in [2.05, 4.69) is 26.2 Å². The monoisotopic (exact) mass is 285 g/mol. The van der Waals surface area contributed by atoms with Crippen molar-refractivity contribution in [2.75, 3.05) is 0 Å². The molecule has 2 aromatic rings. The Morgan fingerprint density at radius 1 is 1.60 bits per heavy atom. The van der Waals surface area contributed by atoms with Crippen molar-refractivity contribution >= 4 is 33.0 Å². The largest absolute Gasteiger partial charge is 0.286 e.